The molecule has 0 radical (unpaired) electrons. The van der Waals surface area contributed by atoms with Gasteiger partial charge in [-0.25, -0.2) is 0 Å². The molecule has 1 aromatic carbocycles. The Hall–Kier alpha value is -0.820. The van der Waals surface area contributed by atoms with E-state index < -0.39 is 0 Å². The fraction of sp³-hybridized carbons (Fsp3) is 0.700. The molecule has 3 aliphatic carbocycles. The zero-order chi connectivity index (χ0) is 14.1. The molecule has 4 rings (SSSR count). The van der Waals surface area contributed by atoms with E-state index in [1.165, 1.54) is 50.6 Å². The van der Waals surface area contributed by atoms with Crippen LogP contribution in [0.15, 0.2) is 30.3 Å². The van der Waals surface area contributed by atoms with Crippen molar-refractivity contribution in [2.45, 2.75) is 57.4 Å². The van der Waals surface area contributed by atoms with E-state index in [4.69, 9.17) is 0 Å². The zero-order valence-corrected chi connectivity index (χ0v) is 13.1. The lowest BCUT2D eigenvalue weighted by atomic mass is 9.80. The number of hydrogen-bond acceptors (Lipinski definition) is 1. The Labute approximate surface area is 129 Å². The van der Waals surface area contributed by atoms with E-state index in [1.54, 1.807) is 12.8 Å². The summed E-state index contributed by atoms with van der Waals surface area (Å²) < 4.78 is 0. The number of benzene rings is 1. The molecule has 0 saturated heterocycles. The van der Waals surface area contributed by atoms with Gasteiger partial charge in [-0.15, -0.1) is 0 Å². The van der Waals surface area contributed by atoms with Crippen molar-refractivity contribution in [2.24, 2.45) is 23.7 Å². The Bertz CT molecular complexity index is 450. The lowest BCUT2D eigenvalue weighted by Gasteiger charge is -2.27. The van der Waals surface area contributed by atoms with E-state index in [1.807, 2.05) is 0 Å². The summed E-state index contributed by atoms with van der Waals surface area (Å²) in [5.41, 5.74) is 1.53. The topological polar surface area (TPSA) is 12.0 Å². The van der Waals surface area contributed by atoms with Gasteiger partial charge in [0.15, 0.2) is 0 Å². The molecule has 1 N–H and O–H groups in total. The third-order valence-corrected chi connectivity index (χ3v) is 6.16. The average molecular weight is 283 g/mol. The second-order valence-electron chi connectivity index (χ2n) is 7.91. The van der Waals surface area contributed by atoms with Crippen LogP contribution < -0.4 is 5.32 Å². The maximum atomic E-state index is 3.79. The first-order valence-electron chi connectivity index (χ1n) is 9.14. The molecule has 3 saturated carbocycles. The highest BCUT2D eigenvalue weighted by Crippen LogP contribution is 2.50. The molecule has 2 bridgehead atoms. The van der Waals surface area contributed by atoms with Crippen LogP contribution in [-0.2, 0) is 6.42 Å². The van der Waals surface area contributed by atoms with Crippen LogP contribution in [0.3, 0.4) is 0 Å². The predicted octanol–water partition coefficient (Wildman–Crippen LogP) is 4.42. The lowest BCUT2D eigenvalue weighted by molar-refractivity contribution is 0.261. The van der Waals surface area contributed by atoms with Crippen molar-refractivity contribution in [1.82, 2.24) is 5.32 Å². The highest BCUT2D eigenvalue weighted by atomic mass is 14.9. The van der Waals surface area contributed by atoms with Crippen LogP contribution in [-0.4, -0.2) is 12.6 Å². The van der Waals surface area contributed by atoms with Crippen LogP contribution in [0, 0.1) is 23.7 Å². The van der Waals surface area contributed by atoms with Crippen molar-refractivity contribution < 1.29 is 0 Å². The van der Waals surface area contributed by atoms with Gasteiger partial charge in [-0.05, 0) is 80.7 Å². The van der Waals surface area contributed by atoms with Gasteiger partial charge in [-0.1, -0.05) is 36.8 Å². The van der Waals surface area contributed by atoms with Crippen LogP contribution in [0.1, 0.15) is 50.5 Å². The Morgan fingerprint density at radius 3 is 2.52 bits per heavy atom. The molecule has 0 aliphatic heterocycles. The first kappa shape index (κ1) is 13.8. The number of rotatable bonds is 7. The smallest absolute Gasteiger partial charge is 0.00683 e. The van der Waals surface area contributed by atoms with Crippen molar-refractivity contribution in [3.63, 3.8) is 0 Å². The Morgan fingerprint density at radius 2 is 1.86 bits per heavy atom. The molecule has 3 aliphatic rings. The van der Waals surface area contributed by atoms with Crippen molar-refractivity contribution in [3.05, 3.63) is 35.9 Å². The highest BCUT2D eigenvalue weighted by molar-refractivity contribution is 5.15. The molecule has 3 fully saturated rings. The Balaban J connectivity index is 1.36. The minimum absolute atomic E-state index is 0.845. The molecule has 0 amide bonds. The summed E-state index contributed by atoms with van der Waals surface area (Å²) in [5.74, 6) is 4.05. The molecule has 4 atom stereocenters. The first-order chi connectivity index (χ1) is 10.4. The van der Waals surface area contributed by atoms with E-state index >= 15 is 0 Å². The van der Waals surface area contributed by atoms with Crippen LogP contribution >= 0.6 is 0 Å². The maximum absolute atomic E-state index is 3.79. The van der Waals surface area contributed by atoms with E-state index in [0.29, 0.717) is 0 Å². The third kappa shape index (κ3) is 3.51. The minimum Gasteiger partial charge on any atom is -0.314 e. The standard InChI is InChI=1S/C20H29N/c1-2-4-15(5-3-1)10-17(14-21-20-8-9-20)13-19-12-16-6-7-18(19)11-16/h1-5,16-21H,6-14H2. The summed E-state index contributed by atoms with van der Waals surface area (Å²) in [6.07, 6.45) is 11.7. The summed E-state index contributed by atoms with van der Waals surface area (Å²) in [5, 5.41) is 3.79. The summed E-state index contributed by atoms with van der Waals surface area (Å²) in [7, 11) is 0. The number of hydrogen-bond donors (Lipinski definition) is 1. The largest absolute Gasteiger partial charge is 0.314 e. The normalized spacial score (nSPS) is 32.5. The van der Waals surface area contributed by atoms with Gasteiger partial charge in [-0.3, -0.25) is 0 Å². The molecule has 0 aromatic heterocycles. The summed E-state index contributed by atoms with van der Waals surface area (Å²) in [6, 6.07) is 12.0. The van der Waals surface area contributed by atoms with Gasteiger partial charge >= 0.3 is 0 Å². The van der Waals surface area contributed by atoms with Gasteiger partial charge in [0.25, 0.3) is 0 Å². The summed E-state index contributed by atoms with van der Waals surface area (Å²) >= 11 is 0. The number of fused-ring (bicyclic) bond motifs is 2. The quantitative estimate of drug-likeness (QED) is 0.781. The van der Waals surface area contributed by atoms with Crippen LogP contribution in [0.4, 0.5) is 0 Å². The second kappa shape index (κ2) is 6.12. The van der Waals surface area contributed by atoms with Gasteiger partial charge in [-0.2, -0.15) is 0 Å². The first-order valence-corrected chi connectivity index (χ1v) is 9.14. The molecule has 21 heavy (non-hydrogen) atoms. The summed E-state index contributed by atoms with van der Waals surface area (Å²) in [6.45, 7) is 1.24. The molecule has 4 unspecified atom stereocenters. The van der Waals surface area contributed by atoms with E-state index in [2.05, 4.69) is 35.6 Å². The van der Waals surface area contributed by atoms with Crippen LogP contribution in [0.25, 0.3) is 0 Å². The monoisotopic (exact) mass is 283 g/mol. The maximum Gasteiger partial charge on any atom is 0.00683 e. The summed E-state index contributed by atoms with van der Waals surface area (Å²) in [4.78, 5) is 0. The second-order valence-corrected chi connectivity index (χ2v) is 7.91. The van der Waals surface area contributed by atoms with Gasteiger partial charge in [0.1, 0.15) is 0 Å². The van der Waals surface area contributed by atoms with Gasteiger partial charge in [0, 0.05) is 6.04 Å². The van der Waals surface area contributed by atoms with Gasteiger partial charge < -0.3 is 5.32 Å². The van der Waals surface area contributed by atoms with Crippen LogP contribution in [0.5, 0.6) is 0 Å². The van der Waals surface area contributed by atoms with Crippen molar-refractivity contribution >= 4 is 0 Å². The molecular formula is C20H29N. The molecule has 1 nitrogen and oxygen atoms in total. The highest BCUT2D eigenvalue weighted by Gasteiger charge is 2.40. The predicted molar refractivity (Wildman–Crippen MR) is 88.2 cm³/mol. The number of nitrogens with one attached hydrogen (secondary N) is 1. The van der Waals surface area contributed by atoms with Crippen molar-refractivity contribution in [2.75, 3.05) is 6.54 Å². The van der Waals surface area contributed by atoms with E-state index in [0.717, 1.165) is 29.7 Å². The third-order valence-electron chi connectivity index (χ3n) is 6.16. The lowest BCUT2D eigenvalue weighted by Crippen LogP contribution is -2.28. The molecule has 1 heteroatoms. The van der Waals surface area contributed by atoms with E-state index in [-0.39, 0.29) is 0 Å². The molecular weight excluding hydrogens is 254 g/mol. The SMILES string of the molecule is c1ccc(CC(CNC2CC2)CC2CC3CCC2C3)cc1. The van der Waals surface area contributed by atoms with Crippen molar-refractivity contribution in [3.8, 4) is 0 Å². The Morgan fingerprint density at radius 1 is 1.00 bits per heavy atom. The Kier molecular flexibility index (Phi) is 4.03. The molecule has 0 heterocycles. The fourth-order valence-corrected chi connectivity index (χ4v) is 4.90. The van der Waals surface area contributed by atoms with Gasteiger partial charge in [0.05, 0.1) is 0 Å². The average Bonchev–Trinajstić information content (AvgIpc) is 3.11. The van der Waals surface area contributed by atoms with Crippen molar-refractivity contribution in [1.29, 1.82) is 0 Å². The van der Waals surface area contributed by atoms with E-state index in [9.17, 15) is 0 Å². The van der Waals surface area contributed by atoms with Crippen LogP contribution in [0.2, 0.25) is 0 Å². The molecule has 1 aromatic rings. The minimum atomic E-state index is 0.845. The molecule has 114 valence electrons. The fourth-order valence-electron chi connectivity index (χ4n) is 4.90. The zero-order valence-electron chi connectivity index (χ0n) is 13.1. The van der Waals surface area contributed by atoms with Gasteiger partial charge in [0.2, 0.25) is 0 Å². The molecule has 0 spiro atoms.